The number of hydrogen-bond acceptors (Lipinski definition) is 3. The number of fused-ring (bicyclic) bond motifs is 1. The van der Waals surface area contributed by atoms with Gasteiger partial charge in [-0.25, -0.2) is 0 Å². The predicted molar refractivity (Wildman–Crippen MR) is 80.8 cm³/mol. The average molecular weight is 269 g/mol. The van der Waals surface area contributed by atoms with Crippen LogP contribution in [0.4, 0.5) is 0 Å². The van der Waals surface area contributed by atoms with Crippen LogP contribution in [-0.2, 0) is 6.54 Å². The molecule has 0 spiro atoms. The summed E-state index contributed by atoms with van der Waals surface area (Å²) in [7, 11) is 0. The van der Waals surface area contributed by atoms with E-state index in [2.05, 4.69) is 52.5 Å². The molecule has 2 aromatic carbocycles. The van der Waals surface area contributed by atoms with Gasteiger partial charge in [0.05, 0.1) is 6.04 Å². The van der Waals surface area contributed by atoms with Crippen LogP contribution in [-0.4, -0.2) is 28.5 Å². The monoisotopic (exact) mass is 269 g/mol. The van der Waals surface area contributed by atoms with Gasteiger partial charge < -0.3 is 10.9 Å². The predicted octanol–water partition coefficient (Wildman–Crippen LogP) is 2.55. The van der Waals surface area contributed by atoms with Gasteiger partial charge in [-0.05, 0) is 35.7 Å². The van der Waals surface area contributed by atoms with Gasteiger partial charge in [-0.2, -0.15) is 0 Å². The van der Waals surface area contributed by atoms with Crippen LogP contribution < -0.4 is 5.73 Å². The number of nitrogens with zero attached hydrogens (tertiary/aromatic N) is 2. The molecule has 1 unspecified atom stereocenters. The molecule has 4 nitrogen and oxygen atoms in total. The standard InChI is InChI=1S/C16H19N3O/c17-16(18-20)15-9-4-10-19(15)11-13-7-3-6-12-5-1-2-8-14(12)13/h1-3,5-8,15,20H,4,9-11H2,(H2,17,18). The van der Waals surface area contributed by atoms with Gasteiger partial charge in [0.15, 0.2) is 5.84 Å². The molecule has 3 rings (SSSR count). The van der Waals surface area contributed by atoms with Crippen molar-refractivity contribution in [3.05, 3.63) is 48.0 Å². The summed E-state index contributed by atoms with van der Waals surface area (Å²) in [6, 6.07) is 14.8. The number of hydrogen-bond donors (Lipinski definition) is 2. The van der Waals surface area contributed by atoms with Crippen LogP contribution in [0.3, 0.4) is 0 Å². The Hall–Kier alpha value is -2.07. The molecule has 1 heterocycles. The van der Waals surface area contributed by atoms with Crippen molar-refractivity contribution in [2.75, 3.05) is 6.54 Å². The zero-order valence-corrected chi connectivity index (χ0v) is 11.4. The molecule has 0 amide bonds. The van der Waals surface area contributed by atoms with Gasteiger partial charge in [0.25, 0.3) is 0 Å². The summed E-state index contributed by atoms with van der Waals surface area (Å²) in [5, 5.41) is 14.6. The molecule has 104 valence electrons. The zero-order valence-electron chi connectivity index (χ0n) is 11.4. The molecule has 0 aromatic heterocycles. The largest absolute Gasteiger partial charge is 0.409 e. The number of amidine groups is 1. The first-order valence-electron chi connectivity index (χ1n) is 6.97. The van der Waals surface area contributed by atoms with Crippen molar-refractivity contribution < 1.29 is 5.21 Å². The van der Waals surface area contributed by atoms with Crippen LogP contribution in [0, 0.1) is 0 Å². The highest BCUT2D eigenvalue weighted by Crippen LogP contribution is 2.24. The van der Waals surface area contributed by atoms with Crippen molar-refractivity contribution in [1.29, 1.82) is 0 Å². The van der Waals surface area contributed by atoms with Crippen molar-refractivity contribution in [2.24, 2.45) is 10.9 Å². The first-order chi connectivity index (χ1) is 9.79. The minimum Gasteiger partial charge on any atom is -0.409 e. The van der Waals surface area contributed by atoms with Gasteiger partial charge in [-0.3, -0.25) is 4.90 Å². The number of rotatable bonds is 3. The van der Waals surface area contributed by atoms with Crippen LogP contribution in [0.15, 0.2) is 47.6 Å². The van der Waals surface area contributed by atoms with E-state index in [4.69, 9.17) is 10.9 Å². The minimum absolute atomic E-state index is 0.0546. The van der Waals surface area contributed by atoms with Crippen molar-refractivity contribution in [2.45, 2.75) is 25.4 Å². The van der Waals surface area contributed by atoms with Gasteiger partial charge >= 0.3 is 0 Å². The van der Waals surface area contributed by atoms with Crippen LogP contribution >= 0.6 is 0 Å². The summed E-state index contributed by atoms with van der Waals surface area (Å²) >= 11 is 0. The molecule has 1 atom stereocenters. The fourth-order valence-electron chi connectivity index (χ4n) is 3.07. The number of nitrogens with two attached hydrogens (primary N) is 1. The van der Waals surface area contributed by atoms with Crippen molar-refractivity contribution in [3.8, 4) is 0 Å². The molecule has 3 N–H and O–H groups in total. The first kappa shape index (κ1) is 12.9. The maximum atomic E-state index is 8.89. The first-order valence-corrected chi connectivity index (χ1v) is 6.97. The van der Waals surface area contributed by atoms with Gasteiger partial charge in [-0.15, -0.1) is 0 Å². The van der Waals surface area contributed by atoms with Crippen molar-refractivity contribution >= 4 is 16.6 Å². The molecule has 1 aliphatic heterocycles. The molecule has 0 radical (unpaired) electrons. The Labute approximate surface area is 118 Å². The molecular weight excluding hydrogens is 250 g/mol. The summed E-state index contributed by atoms with van der Waals surface area (Å²) in [6.07, 6.45) is 2.05. The zero-order chi connectivity index (χ0) is 13.9. The minimum atomic E-state index is 0.0546. The van der Waals surface area contributed by atoms with E-state index >= 15 is 0 Å². The van der Waals surface area contributed by atoms with Gasteiger partial charge in [0.1, 0.15) is 0 Å². The summed E-state index contributed by atoms with van der Waals surface area (Å²) < 4.78 is 0. The Balaban J connectivity index is 1.89. The molecule has 4 heteroatoms. The van der Waals surface area contributed by atoms with E-state index in [0.29, 0.717) is 5.84 Å². The van der Waals surface area contributed by atoms with Gasteiger partial charge in [0.2, 0.25) is 0 Å². The Morgan fingerprint density at radius 1 is 1.25 bits per heavy atom. The lowest BCUT2D eigenvalue weighted by molar-refractivity contribution is 0.275. The Kier molecular flexibility index (Phi) is 3.56. The summed E-state index contributed by atoms with van der Waals surface area (Å²) in [4.78, 5) is 2.29. The summed E-state index contributed by atoms with van der Waals surface area (Å²) in [5.41, 5.74) is 7.09. The molecule has 0 aliphatic carbocycles. The van der Waals surface area contributed by atoms with Gasteiger partial charge in [0, 0.05) is 6.54 Å². The number of benzene rings is 2. The SMILES string of the molecule is NC(=NO)C1CCCN1Cc1cccc2ccccc12. The Morgan fingerprint density at radius 3 is 2.90 bits per heavy atom. The summed E-state index contributed by atoms with van der Waals surface area (Å²) in [5.74, 6) is 0.322. The van der Waals surface area contributed by atoms with E-state index in [1.54, 1.807) is 0 Å². The molecule has 1 aliphatic rings. The number of likely N-dealkylation sites (tertiary alicyclic amines) is 1. The molecule has 20 heavy (non-hydrogen) atoms. The topological polar surface area (TPSA) is 61.9 Å². The second kappa shape index (κ2) is 5.51. The third-order valence-electron chi connectivity index (χ3n) is 4.07. The van der Waals surface area contributed by atoms with E-state index in [-0.39, 0.29) is 6.04 Å². The van der Waals surface area contributed by atoms with E-state index in [1.807, 2.05) is 0 Å². The fourth-order valence-corrected chi connectivity index (χ4v) is 3.07. The normalized spacial score (nSPS) is 20.6. The highest BCUT2D eigenvalue weighted by atomic mass is 16.4. The van der Waals surface area contributed by atoms with Crippen molar-refractivity contribution in [3.63, 3.8) is 0 Å². The van der Waals surface area contributed by atoms with E-state index in [9.17, 15) is 0 Å². The third-order valence-corrected chi connectivity index (χ3v) is 4.07. The van der Waals surface area contributed by atoms with Crippen LogP contribution in [0.2, 0.25) is 0 Å². The molecular formula is C16H19N3O. The van der Waals surface area contributed by atoms with Crippen LogP contribution in [0.1, 0.15) is 18.4 Å². The number of oxime groups is 1. The smallest absolute Gasteiger partial charge is 0.156 e. The quantitative estimate of drug-likeness (QED) is 0.389. The molecule has 2 aromatic rings. The highest BCUT2D eigenvalue weighted by molar-refractivity contribution is 5.87. The Bertz CT molecular complexity index is 633. The lowest BCUT2D eigenvalue weighted by Crippen LogP contribution is -2.40. The second-order valence-electron chi connectivity index (χ2n) is 5.29. The maximum absolute atomic E-state index is 8.89. The fraction of sp³-hybridized carbons (Fsp3) is 0.312. The average Bonchev–Trinajstić information content (AvgIpc) is 2.95. The lowest BCUT2D eigenvalue weighted by Gasteiger charge is -2.23. The lowest BCUT2D eigenvalue weighted by atomic mass is 10.0. The van der Waals surface area contributed by atoms with Crippen molar-refractivity contribution in [1.82, 2.24) is 4.90 Å². The second-order valence-corrected chi connectivity index (χ2v) is 5.29. The summed E-state index contributed by atoms with van der Waals surface area (Å²) in [6.45, 7) is 1.83. The third kappa shape index (κ3) is 2.34. The Morgan fingerprint density at radius 2 is 2.05 bits per heavy atom. The van der Waals surface area contributed by atoms with E-state index in [0.717, 1.165) is 25.9 Å². The highest BCUT2D eigenvalue weighted by Gasteiger charge is 2.28. The van der Waals surface area contributed by atoms with Crippen LogP contribution in [0.25, 0.3) is 10.8 Å². The molecule has 1 fully saturated rings. The van der Waals surface area contributed by atoms with E-state index in [1.165, 1.54) is 16.3 Å². The van der Waals surface area contributed by atoms with Crippen LogP contribution in [0.5, 0.6) is 0 Å². The molecule has 0 saturated carbocycles. The molecule has 1 saturated heterocycles. The maximum Gasteiger partial charge on any atom is 0.156 e. The van der Waals surface area contributed by atoms with Gasteiger partial charge in [-0.1, -0.05) is 47.6 Å². The molecule has 0 bridgehead atoms. The van der Waals surface area contributed by atoms with E-state index < -0.39 is 0 Å².